The van der Waals surface area contributed by atoms with Crippen LogP contribution in [0.2, 0.25) is 0 Å². The molecule has 0 aromatic carbocycles. The van der Waals surface area contributed by atoms with Crippen LogP contribution in [0.4, 0.5) is 0 Å². The molecule has 0 aromatic rings. The molecule has 4 nitrogen and oxygen atoms in total. The summed E-state index contributed by atoms with van der Waals surface area (Å²) < 4.78 is 0. The molecule has 1 saturated heterocycles. The first-order valence-corrected chi connectivity index (χ1v) is 8.66. The fourth-order valence-electron chi connectivity index (χ4n) is 3.12. The van der Waals surface area contributed by atoms with E-state index in [0.717, 1.165) is 51.6 Å². The van der Waals surface area contributed by atoms with Crippen molar-refractivity contribution < 1.29 is 9.59 Å². The van der Waals surface area contributed by atoms with E-state index in [9.17, 15) is 9.59 Å². The summed E-state index contributed by atoms with van der Waals surface area (Å²) in [7, 11) is 0. The standard InChI is InChI=1S/C17H32N2O2/c1-5-13(6-2)16(20)18-15-9-11-19(12-10-15)17(21)14(7-3)8-4/h13-15H,5-12H2,1-4H3,(H,18,20). The molecule has 0 atom stereocenters. The van der Waals surface area contributed by atoms with Crippen molar-refractivity contribution in [2.24, 2.45) is 11.8 Å². The zero-order chi connectivity index (χ0) is 15.8. The maximum Gasteiger partial charge on any atom is 0.225 e. The second-order valence-corrected chi connectivity index (χ2v) is 6.13. The summed E-state index contributed by atoms with van der Waals surface area (Å²) in [5.74, 6) is 0.782. The molecule has 1 aliphatic rings. The van der Waals surface area contributed by atoms with Crippen LogP contribution >= 0.6 is 0 Å². The van der Waals surface area contributed by atoms with Gasteiger partial charge in [0.1, 0.15) is 0 Å². The van der Waals surface area contributed by atoms with Gasteiger partial charge in [-0.1, -0.05) is 27.7 Å². The van der Waals surface area contributed by atoms with Crippen molar-refractivity contribution >= 4 is 11.8 Å². The van der Waals surface area contributed by atoms with Crippen LogP contribution in [0.3, 0.4) is 0 Å². The lowest BCUT2D eigenvalue weighted by molar-refractivity contribution is -0.137. The van der Waals surface area contributed by atoms with Gasteiger partial charge in [0.05, 0.1) is 0 Å². The van der Waals surface area contributed by atoms with E-state index in [0.29, 0.717) is 5.91 Å². The third kappa shape index (κ3) is 5.01. The molecule has 4 heteroatoms. The molecule has 21 heavy (non-hydrogen) atoms. The van der Waals surface area contributed by atoms with Gasteiger partial charge in [0.25, 0.3) is 0 Å². The van der Waals surface area contributed by atoms with Crippen molar-refractivity contribution in [3.63, 3.8) is 0 Å². The normalized spacial score (nSPS) is 16.6. The minimum atomic E-state index is 0.134. The SMILES string of the molecule is CCC(CC)C(=O)NC1CCN(C(=O)C(CC)CC)CC1. The average molecular weight is 296 g/mol. The summed E-state index contributed by atoms with van der Waals surface area (Å²) in [4.78, 5) is 26.4. The molecule has 1 heterocycles. The molecule has 0 saturated carbocycles. The van der Waals surface area contributed by atoms with E-state index in [1.165, 1.54) is 0 Å². The van der Waals surface area contributed by atoms with Crippen LogP contribution in [-0.4, -0.2) is 35.8 Å². The lowest BCUT2D eigenvalue weighted by atomic mass is 9.97. The summed E-state index contributed by atoms with van der Waals surface area (Å²) in [6.07, 6.45) is 5.40. The van der Waals surface area contributed by atoms with Crippen LogP contribution in [0.1, 0.15) is 66.2 Å². The highest BCUT2D eigenvalue weighted by atomic mass is 16.2. The van der Waals surface area contributed by atoms with Crippen LogP contribution in [-0.2, 0) is 9.59 Å². The Bertz CT molecular complexity index is 328. The van der Waals surface area contributed by atoms with Crippen molar-refractivity contribution in [1.82, 2.24) is 10.2 Å². The summed E-state index contributed by atoms with van der Waals surface area (Å²) in [5.41, 5.74) is 0. The molecule has 1 N–H and O–H groups in total. The number of piperidine rings is 1. The van der Waals surface area contributed by atoms with Crippen molar-refractivity contribution in [3.8, 4) is 0 Å². The molecule has 122 valence electrons. The van der Waals surface area contributed by atoms with Gasteiger partial charge in [0.2, 0.25) is 11.8 Å². The fourth-order valence-corrected chi connectivity index (χ4v) is 3.12. The van der Waals surface area contributed by atoms with E-state index in [2.05, 4.69) is 33.0 Å². The third-order valence-electron chi connectivity index (χ3n) is 4.84. The monoisotopic (exact) mass is 296 g/mol. The number of carbonyl (C=O) groups is 2. The number of likely N-dealkylation sites (tertiary alicyclic amines) is 1. The molecule has 0 aromatic heterocycles. The zero-order valence-electron chi connectivity index (χ0n) is 14.2. The van der Waals surface area contributed by atoms with Gasteiger partial charge in [0.15, 0.2) is 0 Å². The summed E-state index contributed by atoms with van der Waals surface area (Å²) in [6.45, 7) is 9.84. The van der Waals surface area contributed by atoms with E-state index in [-0.39, 0.29) is 23.8 Å². The van der Waals surface area contributed by atoms with E-state index >= 15 is 0 Å². The molecule has 0 radical (unpaired) electrons. The number of carbonyl (C=O) groups excluding carboxylic acids is 2. The van der Waals surface area contributed by atoms with Crippen LogP contribution < -0.4 is 5.32 Å². The van der Waals surface area contributed by atoms with Gasteiger partial charge in [-0.3, -0.25) is 9.59 Å². The highest BCUT2D eigenvalue weighted by Gasteiger charge is 2.27. The Morgan fingerprint density at radius 2 is 1.43 bits per heavy atom. The molecule has 0 unspecified atom stereocenters. The maximum absolute atomic E-state index is 12.3. The van der Waals surface area contributed by atoms with Gasteiger partial charge < -0.3 is 10.2 Å². The number of amides is 2. The van der Waals surface area contributed by atoms with E-state index in [4.69, 9.17) is 0 Å². The zero-order valence-corrected chi connectivity index (χ0v) is 14.2. The fraction of sp³-hybridized carbons (Fsp3) is 0.882. The molecular weight excluding hydrogens is 264 g/mol. The number of nitrogens with one attached hydrogen (secondary N) is 1. The number of rotatable bonds is 7. The van der Waals surface area contributed by atoms with Crippen molar-refractivity contribution in [2.75, 3.05) is 13.1 Å². The summed E-state index contributed by atoms with van der Waals surface area (Å²) >= 11 is 0. The average Bonchev–Trinajstić information content (AvgIpc) is 2.50. The van der Waals surface area contributed by atoms with Crippen molar-refractivity contribution in [2.45, 2.75) is 72.3 Å². The van der Waals surface area contributed by atoms with Gasteiger partial charge in [-0.25, -0.2) is 0 Å². The van der Waals surface area contributed by atoms with E-state index in [1.807, 2.05) is 4.90 Å². The Kier molecular flexibility index (Phi) is 7.76. The van der Waals surface area contributed by atoms with Crippen LogP contribution in [0.25, 0.3) is 0 Å². The minimum absolute atomic E-state index is 0.134. The Labute approximate surface area is 129 Å². The first-order chi connectivity index (χ1) is 10.1. The second kappa shape index (κ2) is 9.06. The van der Waals surface area contributed by atoms with Gasteiger partial charge in [0, 0.05) is 31.0 Å². The minimum Gasteiger partial charge on any atom is -0.353 e. The van der Waals surface area contributed by atoms with E-state index < -0.39 is 0 Å². The Morgan fingerprint density at radius 3 is 1.86 bits per heavy atom. The molecule has 0 spiro atoms. The largest absolute Gasteiger partial charge is 0.353 e. The Morgan fingerprint density at radius 1 is 0.952 bits per heavy atom. The van der Waals surface area contributed by atoms with E-state index in [1.54, 1.807) is 0 Å². The van der Waals surface area contributed by atoms with Gasteiger partial charge >= 0.3 is 0 Å². The molecule has 1 fully saturated rings. The van der Waals surface area contributed by atoms with Crippen LogP contribution in [0.15, 0.2) is 0 Å². The summed E-state index contributed by atoms with van der Waals surface area (Å²) in [5, 5.41) is 3.16. The first-order valence-electron chi connectivity index (χ1n) is 8.66. The molecular formula is C17H32N2O2. The number of nitrogens with zero attached hydrogens (tertiary/aromatic N) is 1. The smallest absolute Gasteiger partial charge is 0.225 e. The Balaban J connectivity index is 2.42. The van der Waals surface area contributed by atoms with Crippen molar-refractivity contribution in [3.05, 3.63) is 0 Å². The quantitative estimate of drug-likeness (QED) is 0.785. The van der Waals surface area contributed by atoms with Gasteiger partial charge in [-0.05, 0) is 38.5 Å². The van der Waals surface area contributed by atoms with Gasteiger partial charge in [-0.15, -0.1) is 0 Å². The Hall–Kier alpha value is -1.06. The highest BCUT2D eigenvalue weighted by Crippen LogP contribution is 2.18. The van der Waals surface area contributed by atoms with Crippen molar-refractivity contribution in [1.29, 1.82) is 0 Å². The molecule has 2 amide bonds. The molecule has 0 bridgehead atoms. The van der Waals surface area contributed by atoms with Crippen LogP contribution in [0.5, 0.6) is 0 Å². The first kappa shape index (κ1) is 18.0. The number of hydrogen-bond donors (Lipinski definition) is 1. The lowest BCUT2D eigenvalue weighted by Gasteiger charge is -2.34. The second-order valence-electron chi connectivity index (χ2n) is 6.13. The molecule has 1 aliphatic heterocycles. The van der Waals surface area contributed by atoms with Crippen LogP contribution in [0, 0.1) is 11.8 Å². The predicted molar refractivity (Wildman–Crippen MR) is 85.9 cm³/mol. The maximum atomic E-state index is 12.3. The topological polar surface area (TPSA) is 49.4 Å². The number of hydrogen-bond acceptors (Lipinski definition) is 2. The highest BCUT2D eigenvalue weighted by molar-refractivity contribution is 5.79. The molecule has 1 rings (SSSR count). The molecule has 0 aliphatic carbocycles. The third-order valence-corrected chi connectivity index (χ3v) is 4.84. The lowest BCUT2D eigenvalue weighted by Crippen LogP contribution is -2.49. The predicted octanol–water partition coefficient (Wildman–Crippen LogP) is 2.97. The summed E-state index contributed by atoms with van der Waals surface area (Å²) in [6, 6.07) is 0.240. The van der Waals surface area contributed by atoms with Gasteiger partial charge in [-0.2, -0.15) is 0 Å².